The predicted octanol–water partition coefficient (Wildman–Crippen LogP) is 3.67. The van der Waals surface area contributed by atoms with E-state index < -0.39 is 16.1 Å². The zero-order valence-corrected chi connectivity index (χ0v) is 23.1. The zero-order valence-electron chi connectivity index (χ0n) is 22.2. The van der Waals surface area contributed by atoms with Gasteiger partial charge in [-0.1, -0.05) is 24.3 Å². The minimum atomic E-state index is -3.88. The number of aromatic nitrogens is 3. The fraction of sp³-hybridized carbons (Fsp3) is 0.276. The van der Waals surface area contributed by atoms with Crippen LogP contribution in [0.2, 0.25) is 0 Å². The average molecular weight is 562 g/mol. The third kappa shape index (κ3) is 6.56. The van der Waals surface area contributed by atoms with E-state index >= 15 is 0 Å². The van der Waals surface area contributed by atoms with Gasteiger partial charge in [-0.05, 0) is 66.8 Å². The Labute approximate surface area is 233 Å². The number of nitrogens with zero attached hydrogens (tertiary/aromatic N) is 3. The number of aliphatic hydroxyl groups is 1. The van der Waals surface area contributed by atoms with Gasteiger partial charge in [0.15, 0.2) is 0 Å². The van der Waals surface area contributed by atoms with Gasteiger partial charge in [-0.3, -0.25) is 4.98 Å². The number of anilines is 1. The number of hydrogen-bond donors (Lipinski definition) is 3. The first-order chi connectivity index (χ1) is 19.3. The smallest absolute Gasteiger partial charge is 0.264 e. The van der Waals surface area contributed by atoms with Gasteiger partial charge in [-0.25, -0.2) is 18.1 Å². The Morgan fingerprint density at radius 2 is 1.90 bits per heavy atom. The number of nitrogens with one attached hydrogen (secondary N) is 2. The molecule has 0 bridgehead atoms. The molecule has 2 unspecified atom stereocenters. The molecule has 0 saturated carbocycles. The highest BCUT2D eigenvalue weighted by Gasteiger charge is 2.21. The van der Waals surface area contributed by atoms with Gasteiger partial charge >= 0.3 is 0 Å². The maximum atomic E-state index is 12.9. The number of sulfonamides is 1. The van der Waals surface area contributed by atoms with E-state index in [0.29, 0.717) is 18.8 Å². The molecule has 0 fully saturated rings. The standard InChI is InChI=1S/C29H31N5O5S/c1-19-14-28(38-2)33-29(32-19)34-40(36,37)25-10-6-20(7-11-25)21-8-12-27-22(15-21)5-9-24(39-27)17-31-18-26(35)23-4-3-13-30-16-23/h3-4,6-8,10-16,24,26,31,35H,5,9,17-18H2,1-2H3,(H,32,33,34). The van der Waals surface area contributed by atoms with E-state index in [2.05, 4.69) is 31.1 Å². The molecule has 0 radical (unpaired) electrons. The summed E-state index contributed by atoms with van der Waals surface area (Å²) in [5.41, 5.74) is 4.33. The summed E-state index contributed by atoms with van der Waals surface area (Å²) in [6.45, 7) is 2.78. The van der Waals surface area contributed by atoms with Crippen LogP contribution in [0.5, 0.6) is 11.6 Å². The van der Waals surface area contributed by atoms with Crippen LogP contribution in [-0.2, 0) is 16.4 Å². The fourth-order valence-corrected chi connectivity index (χ4v) is 5.48. The lowest BCUT2D eigenvalue weighted by atomic mass is 9.97. The molecule has 1 aliphatic rings. The molecule has 2 aromatic heterocycles. The highest BCUT2D eigenvalue weighted by atomic mass is 32.2. The van der Waals surface area contributed by atoms with Gasteiger partial charge in [0.1, 0.15) is 11.9 Å². The third-order valence-corrected chi connectivity index (χ3v) is 7.98. The van der Waals surface area contributed by atoms with Crippen LogP contribution in [0, 0.1) is 6.92 Å². The van der Waals surface area contributed by atoms with E-state index in [9.17, 15) is 13.5 Å². The first kappa shape index (κ1) is 27.5. The van der Waals surface area contributed by atoms with E-state index in [4.69, 9.17) is 9.47 Å². The number of rotatable bonds is 10. The normalized spacial score (nSPS) is 15.5. The molecule has 0 aliphatic carbocycles. The van der Waals surface area contributed by atoms with Gasteiger partial charge in [-0.15, -0.1) is 0 Å². The molecule has 0 amide bonds. The number of aryl methyl sites for hydroxylation is 2. The molecule has 3 heterocycles. The average Bonchev–Trinajstić information content (AvgIpc) is 2.96. The Balaban J connectivity index is 1.20. The van der Waals surface area contributed by atoms with Crippen LogP contribution < -0.4 is 19.5 Å². The minimum Gasteiger partial charge on any atom is -0.489 e. The molecular weight excluding hydrogens is 530 g/mol. The second-order valence-electron chi connectivity index (χ2n) is 9.57. The Kier molecular flexibility index (Phi) is 8.24. The predicted molar refractivity (Wildman–Crippen MR) is 151 cm³/mol. The van der Waals surface area contributed by atoms with Crippen molar-refractivity contribution in [3.8, 4) is 22.8 Å². The summed E-state index contributed by atoms with van der Waals surface area (Å²) in [6, 6.07) is 17.9. The van der Waals surface area contributed by atoms with Crippen LogP contribution in [0.1, 0.15) is 29.3 Å². The van der Waals surface area contributed by atoms with E-state index in [0.717, 1.165) is 40.8 Å². The van der Waals surface area contributed by atoms with E-state index in [1.165, 1.54) is 7.11 Å². The zero-order chi connectivity index (χ0) is 28.1. The van der Waals surface area contributed by atoms with Crippen molar-refractivity contribution in [3.05, 3.63) is 89.9 Å². The number of ether oxygens (including phenoxy) is 2. The first-order valence-corrected chi connectivity index (χ1v) is 14.4. The van der Waals surface area contributed by atoms with Crippen molar-refractivity contribution < 1.29 is 23.0 Å². The number of pyridine rings is 1. The van der Waals surface area contributed by atoms with Crippen molar-refractivity contribution in [2.45, 2.75) is 36.9 Å². The Bertz CT molecular complexity index is 1570. The largest absolute Gasteiger partial charge is 0.489 e. The molecule has 40 heavy (non-hydrogen) atoms. The number of methoxy groups -OCH3 is 1. The lowest BCUT2D eigenvalue weighted by molar-refractivity contribution is 0.146. The van der Waals surface area contributed by atoms with Crippen molar-refractivity contribution in [2.24, 2.45) is 0 Å². The van der Waals surface area contributed by atoms with Crippen LogP contribution in [0.15, 0.2) is 78.0 Å². The summed E-state index contributed by atoms with van der Waals surface area (Å²) in [6.07, 6.45) is 4.44. The Morgan fingerprint density at radius 1 is 1.10 bits per heavy atom. The minimum absolute atomic E-state index is 0.00814. The molecule has 4 aromatic rings. The maximum Gasteiger partial charge on any atom is 0.264 e. The van der Waals surface area contributed by atoms with Crippen LogP contribution >= 0.6 is 0 Å². The SMILES string of the molecule is COc1cc(C)nc(NS(=O)(=O)c2ccc(-c3ccc4c(c3)CCC(CNCC(O)c3cccnc3)O4)cc2)n1. The molecule has 0 spiro atoms. The summed E-state index contributed by atoms with van der Waals surface area (Å²) < 4.78 is 39.5. The number of hydrogen-bond acceptors (Lipinski definition) is 9. The van der Waals surface area contributed by atoms with Gasteiger partial charge in [-0.2, -0.15) is 4.98 Å². The third-order valence-electron chi connectivity index (χ3n) is 6.63. The monoisotopic (exact) mass is 561 g/mol. The summed E-state index contributed by atoms with van der Waals surface area (Å²) in [5.74, 6) is 1.07. The summed E-state index contributed by atoms with van der Waals surface area (Å²) in [4.78, 5) is 12.3. The summed E-state index contributed by atoms with van der Waals surface area (Å²) in [5, 5.41) is 13.6. The second-order valence-corrected chi connectivity index (χ2v) is 11.2. The van der Waals surface area contributed by atoms with Crippen LogP contribution in [0.4, 0.5) is 5.95 Å². The van der Waals surface area contributed by atoms with Crippen molar-refractivity contribution in [2.75, 3.05) is 24.9 Å². The molecule has 1 aliphatic heterocycles. The maximum absolute atomic E-state index is 12.9. The number of aliphatic hydroxyl groups excluding tert-OH is 1. The van der Waals surface area contributed by atoms with Gasteiger partial charge in [0.25, 0.3) is 10.0 Å². The Morgan fingerprint density at radius 3 is 2.65 bits per heavy atom. The number of fused-ring (bicyclic) bond motifs is 1. The molecule has 2 atom stereocenters. The van der Waals surface area contributed by atoms with Gasteiger partial charge < -0.3 is 19.9 Å². The van der Waals surface area contributed by atoms with Gasteiger partial charge in [0, 0.05) is 42.8 Å². The molecular formula is C29H31N5O5S. The summed E-state index contributed by atoms with van der Waals surface area (Å²) >= 11 is 0. The van der Waals surface area contributed by atoms with Crippen molar-refractivity contribution in [1.29, 1.82) is 0 Å². The second kappa shape index (κ2) is 12.0. The van der Waals surface area contributed by atoms with Gasteiger partial charge in [0.2, 0.25) is 11.8 Å². The molecule has 208 valence electrons. The lowest BCUT2D eigenvalue weighted by Gasteiger charge is -2.27. The molecule has 11 heteroatoms. The fourth-order valence-electron chi connectivity index (χ4n) is 4.54. The van der Waals surface area contributed by atoms with E-state index in [-0.39, 0.29) is 22.8 Å². The van der Waals surface area contributed by atoms with Gasteiger partial charge in [0.05, 0.1) is 18.1 Å². The molecule has 10 nitrogen and oxygen atoms in total. The van der Waals surface area contributed by atoms with Crippen molar-refractivity contribution in [3.63, 3.8) is 0 Å². The highest BCUT2D eigenvalue weighted by molar-refractivity contribution is 7.92. The van der Waals surface area contributed by atoms with Crippen LogP contribution in [-0.4, -0.2) is 54.8 Å². The quantitative estimate of drug-likeness (QED) is 0.265. The summed E-state index contributed by atoms with van der Waals surface area (Å²) in [7, 11) is -2.42. The first-order valence-electron chi connectivity index (χ1n) is 12.9. The molecule has 2 aromatic carbocycles. The van der Waals surface area contributed by atoms with Crippen LogP contribution in [0.3, 0.4) is 0 Å². The van der Waals surface area contributed by atoms with Crippen molar-refractivity contribution >= 4 is 16.0 Å². The Hall–Kier alpha value is -4.06. The van der Waals surface area contributed by atoms with E-state index in [1.54, 1.807) is 55.7 Å². The lowest BCUT2D eigenvalue weighted by Crippen LogP contribution is -2.36. The van der Waals surface area contributed by atoms with Crippen LogP contribution in [0.25, 0.3) is 11.1 Å². The number of benzene rings is 2. The molecule has 5 rings (SSSR count). The molecule has 3 N–H and O–H groups in total. The van der Waals surface area contributed by atoms with Crippen molar-refractivity contribution in [1.82, 2.24) is 20.3 Å². The topological polar surface area (TPSA) is 136 Å². The highest BCUT2D eigenvalue weighted by Crippen LogP contribution is 2.32. The van der Waals surface area contributed by atoms with E-state index in [1.807, 2.05) is 18.2 Å². The molecule has 0 saturated heterocycles.